The van der Waals surface area contributed by atoms with Gasteiger partial charge in [-0.3, -0.25) is 4.79 Å². The van der Waals surface area contributed by atoms with E-state index in [4.69, 9.17) is 0 Å². The number of carbonyl (C=O) groups excluding carboxylic acids is 1. The lowest BCUT2D eigenvalue weighted by molar-refractivity contribution is 0.0989. The first-order chi connectivity index (χ1) is 9.79. The molecule has 0 saturated heterocycles. The Kier molecular flexibility index (Phi) is 3.37. The molecule has 0 spiro atoms. The van der Waals surface area contributed by atoms with E-state index >= 15 is 0 Å². The lowest BCUT2D eigenvalue weighted by Crippen LogP contribution is -2.28. The number of para-hydroxylation sites is 1. The minimum atomic E-state index is 0.0384. The van der Waals surface area contributed by atoms with Gasteiger partial charge in [-0.2, -0.15) is 0 Å². The summed E-state index contributed by atoms with van der Waals surface area (Å²) in [5.74, 6) is 0.780. The first-order valence-corrected chi connectivity index (χ1v) is 6.89. The topological polar surface area (TPSA) is 45.2 Å². The van der Waals surface area contributed by atoms with Crippen LogP contribution >= 0.6 is 0 Å². The standard InChI is InChI=1S/C16H17N3O/c1-2-17-15-11-13(7-9-18-15)16(20)19-10-8-12-5-3-4-6-14(12)19/h3-7,9,11H,2,8,10H2,1H3,(H,17,18). The maximum Gasteiger partial charge on any atom is 0.258 e. The Hall–Kier alpha value is -2.36. The minimum Gasteiger partial charge on any atom is -0.370 e. The maximum atomic E-state index is 12.6. The fraction of sp³-hybridized carbons (Fsp3) is 0.250. The quantitative estimate of drug-likeness (QED) is 0.930. The van der Waals surface area contributed by atoms with Gasteiger partial charge in [0.05, 0.1) is 0 Å². The van der Waals surface area contributed by atoms with Crippen molar-refractivity contribution in [3.8, 4) is 0 Å². The fourth-order valence-electron chi connectivity index (χ4n) is 2.55. The molecule has 2 heterocycles. The van der Waals surface area contributed by atoms with Gasteiger partial charge in [0, 0.05) is 30.5 Å². The number of rotatable bonds is 3. The lowest BCUT2D eigenvalue weighted by atomic mass is 10.2. The number of carbonyl (C=O) groups is 1. The third-order valence-electron chi connectivity index (χ3n) is 3.50. The molecule has 0 radical (unpaired) electrons. The molecule has 1 aromatic heterocycles. The van der Waals surface area contributed by atoms with Crippen molar-refractivity contribution in [2.75, 3.05) is 23.3 Å². The zero-order valence-electron chi connectivity index (χ0n) is 11.5. The second kappa shape index (κ2) is 5.33. The van der Waals surface area contributed by atoms with Crippen LogP contribution in [0, 0.1) is 0 Å². The summed E-state index contributed by atoms with van der Waals surface area (Å²) in [6.45, 7) is 3.54. The van der Waals surface area contributed by atoms with Crippen molar-refractivity contribution in [1.82, 2.24) is 4.98 Å². The van der Waals surface area contributed by atoms with Crippen LogP contribution in [0.4, 0.5) is 11.5 Å². The Morgan fingerprint density at radius 2 is 2.20 bits per heavy atom. The minimum absolute atomic E-state index is 0.0384. The van der Waals surface area contributed by atoms with Gasteiger partial charge < -0.3 is 10.2 Å². The highest BCUT2D eigenvalue weighted by Crippen LogP contribution is 2.28. The Morgan fingerprint density at radius 1 is 1.35 bits per heavy atom. The number of hydrogen-bond acceptors (Lipinski definition) is 3. The fourth-order valence-corrected chi connectivity index (χ4v) is 2.55. The van der Waals surface area contributed by atoms with E-state index in [9.17, 15) is 4.79 Å². The normalized spacial score (nSPS) is 13.2. The largest absolute Gasteiger partial charge is 0.370 e. The first kappa shape index (κ1) is 12.7. The number of fused-ring (bicyclic) bond motifs is 1. The molecule has 4 heteroatoms. The third-order valence-corrected chi connectivity index (χ3v) is 3.50. The number of nitrogens with one attached hydrogen (secondary N) is 1. The summed E-state index contributed by atoms with van der Waals surface area (Å²) in [7, 11) is 0. The summed E-state index contributed by atoms with van der Waals surface area (Å²) in [6.07, 6.45) is 2.60. The van der Waals surface area contributed by atoms with Crippen LogP contribution < -0.4 is 10.2 Å². The monoisotopic (exact) mass is 267 g/mol. The van der Waals surface area contributed by atoms with E-state index in [1.54, 1.807) is 12.3 Å². The Balaban J connectivity index is 1.89. The average Bonchev–Trinajstić information content (AvgIpc) is 2.91. The van der Waals surface area contributed by atoms with E-state index in [2.05, 4.69) is 16.4 Å². The van der Waals surface area contributed by atoms with Crippen molar-refractivity contribution in [1.29, 1.82) is 0 Å². The van der Waals surface area contributed by atoms with Crippen molar-refractivity contribution in [2.45, 2.75) is 13.3 Å². The summed E-state index contributed by atoms with van der Waals surface area (Å²) >= 11 is 0. The molecular formula is C16H17N3O. The van der Waals surface area contributed by atoms with Crippen molar-refractivity contribution in [2.24, 2.45) is 0 Å². The van der Waals surface area contributed by atoms with Crippen molar-refractivity contribution in [3.63, 3.8) is 0 Å². The Morgan fingerprint density at radius 3 is 3.05 bits per heavy atom. The zero-order chi connectivity index (χ0) is 13.9. The zero-order valence-corrected chi connectivity index (χ0v) is 11.5. The smallest absolute Gasteiger partial charge is 0.258 e. The molecule has 2 aromatic rings. The molecule has 1 aliphatic rings. The number of nitrogens with zero attached hydrogens (tertiary/aromatic N) is 2. The molecule has 0 fully saturated rings. The van der Waals surface area contributed by atoms with Gasteiger partial charge in [-0.05, 0) is 37.1 Å². The Labute approximate surface area is 118 Å². The van der Waals surface area contributed by atoms with Crippen LogP contribution in [0.5, 0.6) is 0 Å². The SMILES string of the molecule is CCNc1cc(C(=O)N2CCc3ccccc32)ccn1. The van der Waals surface area contributed by atoms with E-state index < -0.39 is 0 Å². The molecule has 0 atom stereocenters. The number of hydrogen-bond donors (Lipinski definition) is 1. The molecular weight excluding hydrogens is 250 g/mol. The Bertz CT molecular complexity index is 639. The number of aromatic nitrogens is 1. The van der Waals surface area contributed by atoms with Crippen LogP contribution in [0.3, 0.4) is 0 Å². The lowest BCUT2D eigenvalue weighted by Gasteiger charge is -2.17. The molecule has 0 unspecified atom stereocenters. The molecule has 4 nitrogen and oxygen atoms in total. The van der Waals surface area contributed by atoms with Gasteiger partial charge in [0.25, 0.3) is 5.91 Å². The second-order valence-electron chi connectivity index (χ2n) is 4.80. The third kappa shape index (κ3) is 2.25. The highest BCUT2D eigenvalue weighted by molar-refractivity contribution is 6.07. The van der Waals surface area contributed by atoms with Crippen molar-refractivity contribution >= 4 is 17.4 Å². The second-order valence-corrected chi connectivity index (χ2v) is 4.80. The number of pyridine rings is 1. The van der Waals surface area contributed by atoms with Crippen molar-refractivity contribution in [3.05, 3.63) is 53.7 Å². The van der Waals surface area contributed by atoms with Crippen LogP contribution in [0.15, 0.2) is 42.6 Å². The number of anilines is 2. The molecule has 0 aliphatic carbocycles. The number of amides is 1. The molecule has 20 heavy (non-hydrogen) atoms. The van der Waals surface area contributed by atoms with Crippen LogP contribution in [-0.2, 0) is 6.42 Å². The summed E-state index contributed by atoms with van der Waals surface area (Å²) in [4.78, 5) is 18.7. The van der Waals surface area contributed by atoms with Gasteiger partial charge in [-0.25, -0.2) is 4.98 Å². The summed E-state index contributed by atoms with van der Waals surface area (Å²) < 4.78 is 0. The van der Waals surface area contributed by atoms with Gasteiger partial charge in [0.1, 0.15) is 5.82 Å². The summed E-state index contributed by atoms with van der Waals surface area (Å²) in [6, 6.07) is 11.7. The predicted molar refractivity (Wildman–Crippen MR) is 80.2 cm³/mol. The first-order valence-electron chi connectivity index (χ1n) is 6.89. The molecule has 102 valence electrons. The molecule has 1 aliphatic heterocycles. The van der Waals surface area contributed by atoms with E-state index in [-0.39, 0.29) is 5.91 Å². The van der Waals surface area contributed by atoms with Gasteiger partial charge in [-0.1, -0.05) is 18.2 Å². The molecule has 0 bridgehead atoms. The summed E-state index contributed by atoms with van der Waals surface area (Å²) in [5.41, 5.74) is 2.94. The highest BCUT2D eigenvalue weighted by atomic mass is 16.2. The summed E-state index contributed by atoms with van der Waals surface area (Å²) in [5, 5.41) is 3.13. The van der Waals surface area contributed by atoms with Crippen LogP contribution in [-0.4, -0.2) is 24.0 Å². The van der Waals surface area contributed by atoms with Gasteiger partial charge in [0.15, 0.2) is 0 Å². The van der Waals surface area contributed by atoms with E-state index in [0.29, 0.717) is 5.56 Å². The van der Waals surface area contributed by atoms with Gasteiger partial charge in [0.2, 0.25) is 0 Å². The van der Waals surface area contributed by atoms with Crippen molar-refractivity contribution < 1.29 is 4.79 Å². The number of benzene rings is 1. The highest BCUT2D eigenvalue weighted by Gasteiger charge is 2.25. The average molecular weight is 267 g/mol. The molecule has 1 amide bonds. The maximum absolute atomic E-state index is 12.6. The predicted octanol–water partition coefficient (Wildman–Crippen LogP) is 2.72. The molecule has 1 N–H and O–H groups in total. The van der Waals surface area contributed by atoms with E-state index in [0.717, 1.165) is 31.0 Å². The van der Waals surface area contributed by atoms with Crippen LogP contribution in [0.2, 0.25) is 0 Å². The molecule has 1 aromatic carbocycles. The van der Waals surface area contributed by atoms with Crippen LogP contribution in [0.25, 0.3) is 0 Å². The van der Waals surface area contributed by atoms with E-state index in [1.165, 1.54) is 5.56 Å². The van der Waals surface area contributed by atoms with Gasteiger partial charge in [-0.15, -0.1) is 0 Å². The van der Waals surface area contributed by atoms with Crippen LogP contribution in [0.1, 0.15) is 22.8 Å². The molecule has 3 rings (SSSR count). The molecule has 0 saturated carbocycles. The van der Waals surface area contributed by atoms with Gasteiger partial charge >= 0.3 is 0 Å². The van der Waals surface area contributed by atoms with E-state index in [1.807, 2.05) is 36.1 Å².